The highest BCUT2D eigenvalue weighted by molar-refractivity contribution is 6.32. The number of amides is 2. The molecule has 0 fully saturated rings. The average molecular weight is 405 g/mol. The normalized spacial score (nSPS) is 12.8. The Morgan fingerprint density at radius 1 is 1.04 bits per heavy atom. The van der Waals surface area contributed by atoms with Crippen LogP contribution in [0.15, 0.2) is 36.4 Å². The molecule has 148 valence electrons. The zero-order chi connectivity index (χ0) is 19.9. The van der Waals surface area contributed by atoms with Crippen molar-refractivity contribution < 1.29 is 23.8 Å². The van der Waals surface area contributed by atoms with Crippen molar-refractivity contribution in [3.63, 3.8) is 0 Å². The Hall–Kier alpha value is -2.77. The number of ether oxygens (including phenoxy) is 3. The van der Waals surface area contributed by atoms with Crippen LogP contribution in [-0.4, -0.2) is 38.7 Å². The van der Waals surface area contributed by atoms with E-state index in [1.807, 2.05) is 0 Å². The summed E-state index contributed by atoms with van der Waals surface area (Å²) in [6.45, 7) is 1.08. The third-order valence-corrected chi connectivity index (χ3v) is 4.24. The highest BCUT2D eigenvalue weighted by Crippen LogP contribution is 2.38. The number of fused-ring (bicyclic) bond motifs is 1. The van der Waals surface area contributed by atoms with E-state index in [4.69, 9.17) is 25.8 Å². The topological polar surface area (TPSA) is 85.9 Å². The summed E-state index contributed by atoms with van der Waals surface area (Å²) in [6.07, 6.45) is 0.922. The highest BCUT2D eigenvalue weighted by Gasteiger charge is 2.17. The summed E-state index contributed by atoms with van der Waals surface area (Å²) in [5.41, 5.74) is 1.97. The highest BCUT2D eigenvalue weighted by atomic mass is 35.5. The zero-order valence-corrected chi connectivity index (χ0v) is 16.2. The van der Waals surface area contributed by atoms with Crippen molar-refractivity contribution in [1.29, 1.82) is 0 Å². The van der Waals surface area contributed by atoms with Gasteiger partial charge in [0, 0.05) is 24.9 Å². The van der Waals surface area contributed by atoms with Gasteiger partial charge < -0.3 is 24.8 Å². The van der Waals surface area contributed by atoms with Gasteiger partial charge in [-0.3, -0.25) is 9.59 Å². The molecule has 0 atom stereocenters. The van der Waals surface area contributed by atoms with Gasteiger partial charge in [0.05, 0.1) is 24.7 Å². The summed E-state index contributed by atoms with van der Waals surface area (Å²) in [5.74, 6) is 0.644. The van der Waals surface area contributed by atoms with E-state index in [2.05, 4.69) is 10.6 Å². The first-order valence-electron chi connectivity index (χ1n) is 8.82. The SMILES string of the molecule is COCC(=O)Nc1ccc(NC(=O)Cc2cc(Cl)c3c(c2)OCCCO3)cc1. The van der Waals surface area contributed by atoms with Crippen LogP contribution in [0.5, 0.6) is 11.5 Å². The molecule has 1 heterocycles. The van der Waals surface area contributed by atoms with Gasteiger partial charge in [0.25, 0.3) is 0 Å². The maximum Gasteiger partial charge on any atom is 0.250 e. The van der Waals surface area contributed by atoms with Crippen molar-refractivity contribution in [2.75, 3.05) is 37.6 Å². The molecule has 0 aromatic heterocycles. The lowest BCUT2D eigenvalue weighted by molar-refractivity contribution is -0.119. The first kappa shape index (κ1) is 20.0. The first-order chi connectivity index (χ1) is 13.5. The number of methoxy groups -OCH3 is 1. The van der Waals surface area contributed by atoms with E-state index in [9.17, 15) is 9.59 Å². The van der Waals surface area contributed by atoms with Crippen molar-refractivity contribution in [2.24, 2.45) is 0 Å². The number of benzene rings is 2. The lowest BCUT2D eigenvalue weighted by Gasteiger charge is -2.12. The van der Waals surface area contributed by atoms with E-state index in [1.165, 1.54) is 7.11 Å². The van der Waals surface area contributed by atoms with E-state index in [-0.39, 0.29) is 24.8 Å². The number of carbonyl (C=O) groups excluding carboxylic acids is 2. The van der Waals surface area contributed by atoms with E-state index in [1.54, 1.807) is 36.4 Å². The van der Waals surface area contributed by atoms with E-state index < -0.39 is 0 Å². The van der Waals surface area contributed by atoms with Gasteiger partial charge in [0.2, 0.25) is 11.8 Å². The number of nitrogens with one attached hydrogen (secondary N) is 2. The monoisotopic (exact) mass is 404 g/mol. The third kappa shape index (κ3) is 5.37. The van der Waals surface area contributed by atoms with Crippen LogP contribution in [0.1, 0.15) is 12.0 Å². The minimum atomic E-state index is -0.245. The van der Waals surface area contributed by atoms with Crippen LogP contribution in [0.4, 0.5) is 11.4 Å². The summed E-state index contributed by atoms with van der Waals surface area (Å²) >= 11 is 6.26. The molecular weight excluding hydrogens is 384 g/mol. The minimum absolute atomic E-state index is 0.0173. The lowest BCUT2D eigenvalue weighted by atomic mass is 10.1. The van der Waals surface area contributed by atoms with Gasteiger partial charge >= 0.3 is 0 Å². The molecule has 3 rings (SSSR count). The largest absolute Gasteiger partial charge is 0.489 e. The Bertz CT molecular complexity index is 854. The second-order valence-electron chi connectivity index (χ2n) is 6.24. The molecular formula is C20H21ClN2O5. The van der Waals surface area contributed by atoms with Gasteiger partial charge in [-0.1, -0.05) is 11.6 Å². The molecule has 0 radical (unpaired) electrons. The van der Waals surface area contributed by atoms with Crippen LogP contribution < -0.4 is 20.1 Å². The second kappa shape index (κ2) is 9.43. The minimum Gasteiger partial charge on any atom is -0.489 e. The number of carbonyl (C=O) groups is 2. The molecule has 0 spiro atoms. The maximum atomic E-state index is 12.4. The molecule has 0 bridgehead atoms. The lowest BCUT2D eigenvalue weighted by Crippen LogP contribution is -2.17. The van der Waals surface area contributed by atoms with Crippen molar-refractivity contribution in [2.45, 2.75) is 12.8 Å². The molecule has 7 nitrogen and oxygen atoms in total. The van der Waals surface area contributed by atoms with Gasteiger partial charge in [-0.15, -0.1) is 0 Å². The smallest absolute Gasteiger partial charge is 0.250 e. The summed E-state index contributed by atoms with van der Waals surface area (Å²) in [5, 5.41) is 5.93. The fourth-order valence-corrected chi connectivity index (χ4v) is 3.03. The average Bonchev–Trinajstić information content (AvgIpc) is 2.89. The number of rotatable bonds is 6. The fourth-order valence-electron chi connectivity index (χ4n) is 2.74. The van der Waals surface area contributed by atoms with Gasteiger partial charge in [0.15, 0.2) is 11.5 Å². The van der Waals surface area contributed by atoms with Crippen molar-refractivity contribution in [3.05, 3.63) is 47.0 Å². The van der Waals surface area contributed by atoms with Crippen molar-refractivity contribution in [3.8, 4) is 11.5 Å². The van der Waals surface area contributed by atoms with E-state index in [0.29, 0.717) is 41.1 Å². The Balaban J connectivity index is 1.60. The predicted octanol–water partition coefficient (Wildman–Crippen LogP) is 3.27. The molecule has 2 aromatic carbocycles. The van der Waals surface area contributed by atoms with Gasteiger partial charge in [0.1, 0.15) is 6.61 Å². The standard InChI is InChI=1S/C20H21ClN2O5/c1-26-12-19(25)23-15-5-3-14(4-6-15)22-18(24)11-13-9-16(21)20-17(10-13)27-7-2-8-28-20/h3-6,9-10H,2,7-8,11-12H2,1H3,(H,22,24)(H,23,25). The molecule has 0 saturated carbocycles. The Kier molecular flexibility index (Phi) is 6.73. The fraction of sp³-hybridized carbons (Fsp3) is 0.300. The molecule has 1 aliphatic heterocycles. The maximum absolute atomic E-state index is 12.4. The molecule has 28 heavy (non-hydrogen) atoms. The number of hydrogen-bond acceptors (Lipinski definition) is 5. The molecule has 2 amide bonds. The number of anilines is 2. The molecule has 1 aliphatic rings. The van der Waals surface area contributed by atoms with Gasteiger partial charge in [-0.05, 0) is 42.0 Å². The van der Waals surface area contributed by atoms with Crippen LogP contribution in [-0.2, 0) is 20.7 Å². The van der Waals surface area contributed by atoms with Gasteiger partial charge in [-0.25, -0.2) is 0 Å². The molecule has 2 N–H and O–H groups in total. The van der Waals surface area contributed by atoms with Crippen LogP contribution in [0.2, 0.25) is 5.02 Å². The third-order valence-electron chi connectivity index (χ3n) is 3.95. The van der Waals surface area contributed by atoms with Crippen molar-refractivity contribution >= 4 is 34.8 Å². The van der Waals surface area contributed by atoms with Crippen LogP contribution in [0.25, 0.3) is 0 Å². The van der Waals surface area contributed by atoms with E-state index in [0.717, 1.165) is 12.0 Å². The van der Waals surface area contributed by atoms with Gasteiger partial charge in [-0.2, -0.15) is 0 Å². The predicted molar refractivity (Wildman–Crippen MR) is 106 cm³/mol. The van der Waals surface area contributed by atoms with E-state index >= 15 is 0 Å². The number of halogens is 1. The summed E-state index contributed by atoms with van der Waals surface area (Å²) in [6, 6.07) is 10.3. The second-order valence-corrected chi connectivity index (χ2v) is 6.65. The Morgan fingerprint density at radius 2 is 1.68 bits per heavy atom. The molecule has 0 aliphatic carbocycles. The van der Waals surface area contributed by atoms with Crippen LogP contribution >= 0.6 is 11.6 Å². The first-order valence-corrected chi connectivity index (χ1v) is 9.19. The molecule has 0 unspecified atom stereocenters. The molecule has 0 saturated heterocycles. The Morgan fingerprint density at radius 3 is 2.36 bits per heavy atom. The Labute approximate surface area is 167 Å². The van der Waals surface area contributed by atoms with Crippen LogP contribution in [0.3, 0.4) is 0 Å². The summed E-state index contributed by atoms with van der Waals surface area (Å²) in [7, 11) is 1.45. The molecule has 2 aromatic rings. The summed E-state index contributed by atoms with van der Waals surface area (Å²) < 4.78 is 16.0. The summed E-state index contributed by atoms with van der Waals surface area (Å²) in [4.78, 5) is 23.9. The van der Waals surface area contributed by atoms with Crippen molar-refractivity contribution in [1.82, 2.24) is 0 Å². The van der Waals surface area contributed by atoms with Crippen LogP contribution in [0, 0.1) is 0 Å². The zero-order valence-electron chi connectivity index (χ0n) is 15.4. The molecule has 8 heteroatoms. The quantitative estimate of drug-likeness (QED) is 0.771. The number of hydrogen-bond donors (Lipinski definition) is 2.